The van der Waals surface area contributed by atoms with Crippen molar-refractivity contribution >= 4 is 5.91 Å². The van der Waals surface area contributed by atoms with Gasteiger partial charge in [0.15, 0.2) is 0 Å². The Labute approximate surface area is 108 Å². The molecule has 0 heterocycles. The lowest BCUT2D eigenvalue weighted by atomic mass is 9.92. The van der Waals surface area contributed by atoms with Gasteiger partial charge in [0, 0.05) is 13.2 Å². The van der Waals surface area contributed by atoms with Crippen LogP contribution in [-0.2, 0) is 10.3 Å². The van der Waals surface area contributed by atoms with Gasteiger partial charge in [-0.25, -0.2) is 0 Å². The first kappa shape index (κ1) is 14.7. The molecule has 0 aromatic heterocycles. The maximum absolute atomic E-state index is 12.1. The normalized spacial score (nSPS) is 15.8. The second-order valence-electron chi connectivity index (χ2n) is 4.90. The fourth-order valence-electron chi connectivity index (χ4n) is 1.69. The SMILES string of the molecule is CC(CCO)CNC(=O)C(C)(N)c1ccccc1. The number of amides is 1. The summed E-state index contributed by atoms with van der Waals surface area (Å²) in [6.07, 6.45) is 0.674. The van der Waals surface area contributed by atoms with Gasteiger partial charge in [-0.05, 0) is 24.8 Å². The lowest BCUT2D eigenvalue weighted by molar-refractivity contribution is -0.126. The third-order valence-corrected chi connectivity index (χ3v) is 3.08. The molecule has 0 fully saturated rings. The Balaban J connectivity index is 2.60. The van der Waals surface area contributed by atoms with Crippen molar-refractivity contribution in [3.05, 3.63) is 35.9 Å². The Morgan fingerprint density at radius 3 is 2.61 bits per heavy atom. The van der Waals surface area contributed by atoms with Crippen LogP contribution in [0.5, 0.6) is 0 Å². The number of carbonyl (C=O) groups is 1. The van der Waals surface area contributed by atoms with Gasteiger partial charge in [0.2, 0.25) is 5.91 Å². The van der Waals surface area contributed by atoms with Gasteiger partial charge < -0.3 is 16.2 Å². The highest BCUT2D eigenvalue weighted by atomic mass is 16.3. The minimum atomic E-state index is -1.03. The van der Waals surface area contributed by atoms with E-state index in [1.165, 1.54) is 0 Å². The van der Waals surface area contributed by atoms with E-state index in [0.29, 0.717) is 13.0 Å². The molecule has 4 N–H and O–H groups in total. The molecule has 18 heavy (non-hydrogen) atoms. The molecular formula is C14H22N2O2. The summed E-state index contributed by atoms with van der Waals surface area (Å²) in [4.78, 5) is 12.1. The Morgan fingerprint density at radius 1 is 1.44 bits per heavy atom. The molecular weight excluding hydrogens is 228 g/mol. The van der Waals surface area contributed by atoms with Crippen molar-refractivity contribution < 1.29 is 9.90 Å². The van der Waals surface area contributed by atoms with E-state index < -0.39 is 5.54 Å². The molecule has 0 aliphatic heterocycles. The maximum atomic E-state index is 12.1. The van der Waals surface area contributed by atoms with Crippen molar-refractivity contribution in [1.82, 2.24) is 5.32 Å². The van der Waals surface area contributed by atoms with Gasteiger partial charge in [0.25, 0.3) is 0 Å². The van der Waals surface area contributed by atoms with Gasteiger partial charge in [-0.3, -0.25) is 4.79 Å². The van der Waals surface area contributed by atoms with Crippen molar-refractivity contribution in [3.8, 4) is 0 Å². The second kappa shape index (κ2) is 6.52. The highest BCUT2D eigenvalue weighted by Crippen LogP contribution is 2.17. The number of carbonyl (C=O) groups excluding carboxylic acids is 1. The maximum Gasteiger partial charge on any atom is 0.244 e. The van der Waals surface area contributed by atoms with Gasteiger partial charge in [-0.1, -0.05) is 37.3 Å². The predicted molar refractivity (Wildman–Crippen MR) is 71.9 cm³/mol. The second-order valence-corrected chi connectivity index (χ2v) is 4.90. The van der Waals surface area contributed by atoms with E-state index >= 15 is 0 Å². The molecule has 4 nitrogen and oxygen atoms in total. The molecule has 1 aromatic rings. The molecule has 2 unspecified atom stereocenters. The summed E-state index contributed by atoms with van der Waals surface area (Å²) in [6.45, 7) is 4.34. The summed E-state index contributed by atoms with van der Waals surface area (Å²) < 4.78 is 0. The Hall–Kier alpha value is -1.39. The van der Waals surface area contributed by atoms with E-state index in [4.69, 9.17) is 10.8 Å². The molecule has 100 valence electrons. The van der Waals surface area contributed by atoms with Crippen LogP contribution in [-0.4, -0.2) is 24.2 Å². The first-order valence-corrected chi connectivity index (χ1v) is 6.22. The number of hydrogen-bond donors (Lipinski definition) is 3. The van der Waals surface area contributed by atoms with Crippen LogP contribution in [0, 0.1) is 5.92 Å². The summed E-state index contributed by atoms with van der Waals surface area (Å²) in [6, 6.07) is 9.30. The lowest BCUT2D eigenvalue weighted by Gasteiger charge is -2.25. The van der Waals surface area contributed by atoms with Crippen molar-refractivity contribution in [2.45, 2.75) is 25.8 Å². The average molecular weight is 250 g/mol. The van der Waals surface area contributed by atoms with Gasteiger partial charge in [0.05, 0.1) is 0 Å². The topological polar surface area (TPSA) is 75.3 Å². The molecule has 0 bridgehead atoms. The van der Waals surface area contributed by atoms with Gasteiger partial charge >= 0.3 is 0 Å². The molecule has 4 heteroatoms. The number of nitrogens with two attached hydrogens (primary N) is 1. The largest absolute Gasteiger partial charge is 0.396 e. The zero-order valence-electron chi connectivity index (χ0n) is 11.0. The van der Waals surface area contributed by atoms with Crippen LogP contribution in [0.25, 0.3) is 0 Å². The van der Waals surface area contributed by atoms with E-state index in [1.807, 2.05) is 37.3 Å². The Kier molecular flexibility index (Phi) is 5.31. The number of rotatable bonds is 6. The molecule has 0 aliphatic rings. The third kappa shape index (κ3) is 3.82. The quantitative estimate of drug-likeness (QED) is 0.705. The summed E-state index contributed by atoms with van der Waals surface area (Å²) in [5.74, 6) is 0.0454. The van der Waals surface area contributed by atoms with Gasteiger partial charge in [0.1, 0.15) is 5.54 Å². The Bertz CT molecular complexity index is 377. The zero-order chi connectivity index (χ0) is 13.6. The van der Waals surface area contributed by atoms with E-state index in [2.05, 4.69) is 5.32 Å². The number of aliphatic hydroxyl groups excluding tert-OH is 1. The van der Waals surface area contributed by atoms with Crippen LogP contribution in [0.2, 0.25) is 0 Å². The lowest BCUT2D eigenvalue weighted by Crippen LogP contribution is -2.49. The Morgan fingerprint density at radius 2 is 2.06 bits per heavy atom. The highest BCUT2D eigenvalue weighted by molar-refractivity contribution is 5.86. The van der Waals surface area contributed by atoms with E-state index in [9.17, 15) is 4.79 Å². The smallest absolute Gasteiger partial charge is 0.244 e. The summed E-state index contributed by atoms with van der Waals surface area (Å²) >= 11 is 0. The predicted octanol–water partition coefficient (Wildman–Crippen LogP) is 0.995. The molecule has 2 atom stereocenters. The van der Waals surface area contributed by atoms with Crippen LogP contribution in [0.4, 0.5) is 0 Å². The number of benzene rings is 1. The van der Waals surface area contributed by atoms with E-state index in [0.717, 1.165) is 5.56 Å². The van der Waals surface area contributed by atoms with Crippen molar-refractivity contribution in [2.75, 3.05) is 13.2 Å². The highest BCUT2D eigenvalue weighted by Gasteiger charge is 2.30. The van der Waals surface area contributed by atoms with Crippen molar-refractivity contribution in [1.29, 1.82) is 0 Å². The minimum Gasteiger partial charge on any atom is -0.396 e. The van der Waals surface area contributed by atoms with Crippen LogP contribution in [0.3, 0.4) is 0 Å². The molecule has 0 aliphatic carbocycles. The first-order valence-electron chi connectivity index (χ1n) is 6.22. The fourth-order valence-corrected chi connectivity index (χ4v) is 1.69. The fraction of sp³-hybridized carbons (Fsp3) is 0.500. The minimum absolute atomic E-state index is 0.135. The average Bonchev–Trinajstić information content (AvgIpc) is 2.37. The molecule has 0 radical (unpaired) electrons. The molecule has 0 saturated carbocycles. The monoisotopic (exact) mass is 250 g/mol. The number of hydrogen-bond acceptors (Lipinski definition) is 3. The standard InChI is InChI=1S/C14H22N2O2/c1-11(8-9-17)10-16-13(18)14(2,15)12-6-4-3-5-7-12/h3-7,11,17H,8-10,15H2,1-2H3,(H,16,18). The van der Waals surface area contributed by atoms with Crippen LogP contribution < -0.4 is 11.1 Å². The van der Waals surface area contributed by atoms with Crippen LogP contribution in [0.15, 0.2) is 30.3 Å². The molecule has 1 aromatic carbocycles. The molecule has 1 amide bonds. The molecule has 0 spiro atoms. The molecule has 1 rings (SSSR count). The summed E-state index contributed by atoms with van der Waals surface area (Å²) in [5.41, 5.74) is 5.84. The first-order chi connectivity index (χ1) is 8.48. The summed E-state index contributed by atoms with van der Waals surface area (Å²) in [7, 11) is 0. The zero-order valence-corrected chi connectivity index (χ0v) is 11.0. The van der Waals surface area contributed by atoms with Crippen LogP contribution >= 0.6 is 0 Å². The van der Waals surface area contributed by atoms with Crippen LogP contribution in [0.1, 0.15) is 25.8 Å². The van der Waals surface area contributed by atoms with Crippen molar-refractivity contribution in [2.24, 2.45) is 11.7 Å². The van der Waals surface area contributed by atoms with E-state index in [1.54, 1.807) is 6.92 Å². The van der Waals surface area contributed by atoms with Gasteiger partial charge in [-0.15, -0.1) is 0 Å². The van der Waals surface area contributed by atoms with Gasteiger partial charge in [-0.2, -0.15) is 0 Å². The third-order valence-electron chi connectivity index (χ3n) is 3.08. The van der Waals surface area contributed by atoms with E-state index in [-0.39, 0.29) is 18.4 Å². The van der Waals surface area contributed by atoms with Crippen molar-refractivity contribution in [3.63, 3.8) is 0 Å². The number of aliphatic hydroxyl groups is 1. The summed E-state index contributed by atoms with van der Waals surface area (Å²) in [5, 5.41) is 11.6. The number of nitrogens with one attached hydrogen (secondary N) is 1. The molecule has 0 saturated heterocycles.